The summed E-state index contributed by atoms with van der Waals surface area (Å²) in [6.07, 6.45) is -2.79. The number of aliphatic hydroxyl groups is 1. The molecule has 0 bridgehead atoms. The molecule has 2 N–H and O–H groups in total. The van der Waals surface area contributed by atoms with Crippen LogP contribution in [0.15, 0.2) is 42.5 Å². The average Bonchev–Trinajstić information content (AvgIpc) is 3.07. The molecule has 0 aromatic heterocycles. The van der Waals surface area contributed by atoms with Gasteiger partial charge in [0.25, 0.3) is 0 Å². The first kappa shape index (κ1) is 25.2. The van der Waals surface area contributed by atoms with Gasteiger partial charge in [-0.15, -0.1) is 0 Å². The third-order valence-electron chi connectivity index (χ3n) is 9.09. The number of phenols is 1. The Hall–Kier alpha value is -2.48. The van der Waals surface area contributed by atoms with Crippen LogP contribution in [0.3, 0.4) is 0 Å². The lowest BCUT2D eigenvalue weighted by molar-refractivity contribution is -0.143. The highest BCUT2D eigenvalue weighted by Crippen LogP contribution is 2.64. The highest BCUT2D eigenvalue weighted by atomic mass is 19.4. The lowest BCUT2D eigenvalue weighted by Crippen LogP contribution is -2.49. The average molecular weight is 511 g/mol. The summed E-state index contributed by atoms with van der Waals surface area (Å²) in [6.45, 7) is 2.00. The highest BCUT2D eigenvalue weighted by molar-refractivity contribution is 5.55. The zero-order valence-electron chi connectivity index (χ0n) is 19.8. The maximum atomic E-state index is 13.3. The van der Waals surface area contributed by atoms with Gasteiger partial charge in [0.15, 0.2) is 0 Å². The summed E-state index contributed by atoms with van der Waals surface area (Å²) >= 11 is 0. The minimum absolute atomic E-state index is 0.112. The third-order valence-corrected chi connectivity index (χ3v) is 9.09. The van der Waals surface area contributed by atoms with Crippen molar-refractivity contribution in [2.45, 2.75) is 69.3 Å². The van der Waals surface area contributed by atoms with Gasteiger partial charge in [0, 0.05) is 5.41 Å². The van der Waals surface area contributed by atoms with Gasteiger partial charge in [0.1, 0.15) is 5.75 Å². The van der Waals surface area contributed by atoms with Crippen molar-refractivity contribution in [3.05, 3.63) is 70.3 Å². The molecule has 3 aliphatic carbocycles. The maximum Gasteiger partial charge on any atom is 0.416 e. The molecule has 0 amide bonds. The van der Waals surface area contributed by atoms with Gasteiger partial charge in [-0.25, -0.2) is 0 Å². The monoisotopic (exact) mass is 510 g/mol. The van der Waals surface area contributed by atoms with E-state index in [9.17, 15) is 36.6 Å². The van der Waals surface area contributed by atoms with E-state index in [1.807, 2.05) is 19.1 Å². The van der Waals surface area contributed by atoms with Crippen LogP contribution in [0.5, 0.6) is 5.75 Å². The van der Waals surface area contributed by atoms with Crippen LogP contribution in [0.1, 0.15) is 72.8 Å². The van der Waals surface area contributed by atoms with E-state index in [1.165, 1.54) is 17.7 Å². The van der Waals surface area contributed by atoms with Crippen molar-refractivity contribution in [1.82, 2.24) is 0 Å². The van der Waals surface area contributed by atoms with Crippen LogP contribution >= 0.6 is 0 Å². The van der Waals surface area contributed by atoms with Crippen LogP contribution < -0.4 is 0 Å². The predicted octanol–water partition coefficient (Wildman–Crippen LogP) is 7.73. The quantitative estimate of drug-likeness (QED) is 0.406. The van der Waals surface area contributed by atoms with E-state index in [-0.39, 0.29) is 23.3 Å². The number of fused-ring (bicyclic) bond motifs is 5. The van der Waals surface area contributed by atoms with Crippen LogP contribution in [0, 0.1) is 17.3 Å². The molecule has 0 radical (unpaired) electrons. The topological polar surface area (TPSA) is 40.5 Å². The molecule has 5 rings (SSSR count). The highest BCUT2D eigenvalue weighted by Gasteiger charge is 2.60. The Kier molecular flexibility index (Phi) is 5.78. The number of hydrogen-bond donors (Lipinski definition) is 2. The van der Waals surface area contributed by atoms with Crippen molar-refractivity contribution in [3.8, 4) is 5.75 Å². The van der Waals surface area contributed by atoms with Crippen molar-refractivity contribution in [3.63, 3.8) is 0 Å². The standard InChI is InChI=1S/C28H28F6O2/c1-25-9-7-22-21-5-3-20(35)14-17(21)2-4-23(22)24(25)8-11-26(25,36)10-6-16-12-18(27(29,30)31)15-19(13-16)28(32,33)34/h3,5-6,10,12-15,22-24,35-36H,2,4,7-9,11H2,1H3/b10-6+/t22-,23-,24+,25+,26+/m1/s1. The SMILES string of the molecule is C[C@]12CC[C@@H]3c4ccc(O)cc4CC[C@H]3[C@@H]1CC[C@@]2(O)/C=C/c1cc(C(F)(F)F)cc(C(F)(F)F)c1. The van der Waals surface area contributed by atoms with Crippen molar-refractivity contribution < 1.29 is 36.6 Å². The number of phenolic OH excluding ortho intramolecular Hbond substituents is 1. The van der Waals surface area contributed by atoms with Crippen LogP contribution in [-0.4, -0.2) is 15.8 Å². The Bertz CT molecular complexity index is 1170. The Morgan fingerprint density at radius 2 is 1.56 bits per heavy atom. The van der Waals surface area contributed by atoms with E-state index in [2.05, 4.69) is 0 Å². The van der Waals surface area contributed by atoms with Gasteiger partial charge < -0.3 is 10.2 Å². The fraction of sp³-hybridized carbons (Fsp3) is 0.500. The van der Waals surface area contributed by atoms with Gasteiger partial charge in [0.2, 0.25) is 0 Å². The lowest BCUT2D eigenvalue weighted by atomic mass is 9.53. The van der Waals surface area contributed by atoms with Gasteiger partial charge in [0.05, 0.1) is 16.7 Å². The first-order chi connectivity index (χ1) is 16.7. The minimum atomic E-state index is -4.92. The molecule has 2 aromatic carbocycles. The summed E-state index contributed by atoms with van der Waals surface area (Å²) in [5, 5.41) is 21.6. The second-order valence-corrected chi connectivity index (χ2v) is 10.9. The molecule has 2 aromatic rings. The second-order valence-electron chi connectivity index (χ2n) is 10.9. The summed E-state index contributed by atoms with van der Waals surface area (Å²) in [7, 11) is 0. The first-order valence-electron chi connectivity index (χ1n) is 12.2. The molecule has 0 aliphatic heterocycles. The number of aryl methyl sites for hydroxylation is 1. The van der Waals surface area contributed by atoms with Crippen molar-refractivity contribution in [1.29, 1.82) is 0 Å². The van der Waals surface area contributed by atoms with Gasteiger partial charge in [-0.2, -0.15) is 26.3 Å². The molecule has 0 spiro atoms. The molecule has 8 heteroatoms. The molecule has 0 heterocycles. The molecule has 2 saturated carbocycles. The summed E-state index contributed by atoms with van der Waals surface area (Å²) in [6, 6.07) is 6.99. The van der Waals surface area contributed by atoms with E-state index in [0.29, 0.717) is 36.8 Å². The summed E-state index contributed by atoms with van der Waals surface area (Å²) < 4.78 is 79.6. The van der Waals surface area contributed by atoms with Crippen molar-refractivity contribution in [2.75, 3.05) is 0 Å². The van der Waals surface area contributed by atoms with E-state index in [4.69, 9.17) is 0 Å². The molecule has 194 valence electrons. The van der Waals surface area contributed by atoms with Crippen LogP contribution in [0.25, 0.3) is 6.08 Å². The van der Waals surface area contributed by atoms with Crippen molar-refractivity contribution in [2.24, 2.45) is 17.3 Å². The Morgan fingerprint density at radius 3 is 2.19 bits per heavy atom. The molecule has 0 saturated heterocycles. The maximum absolute atomic E-state index is 13.3. The Labute approximate surface area is 205 Å². The number of halogens is 6. The van der Waals surface area contributed by atoms with E-state index >= 15 is 0 Å². The number of alkyl halides is 6. The van der Waals surface area contributed by atoms with Gasteiger partial charge in [-0.05, 0) is 103 Å². The largest absolute Gasteiger partial charge is 0.508 e. The molecule has 5 atom stereocenters. The number of hydrogen-bond acceptors (Lipinski definition) is 2. The number of rotatable bonds is 2. The summed E-state index contributed by atoms with van der Waals surface area (Å²) in [5.41, 5.74) is -2.45. The molecule has 2 fully saturated rings. The first-order valence-corrected chi connectivity index (χ1v) is 12.2. The number of aromatic hydroxyl groups is 1. The van der Waals surface area contributed by atoms with Crippen LogP contribution in [0.2, 0.25) is 0 Å². The van der Waals surface area contributed by atoms with E-state index in [1.54, 1.807) is 6.07 Å². The molecule has 0 unspecified atom stereocenters. The van der Waals surface area contributed by atoms with Crippen molar-refractivity contribution >= 4 is 6.08 Å². The third kappa shape index (κ3) is 4.11. The molecule has 2 nitrogen and oxygen atoms in total. The van der Waals surface area contributed by atoms with Gasteiger partial charge >= 0.3 is 12.4 Å². The molecular weight excluding hydrogens is 482 g/mol. The molecular formula is C28H28F6O2. The zero-order chi connectivity index (χ0) is 26.1. The van der Waals surface area contributed by atoms with E-state index < -0.39 is 34.5 Å². The Balaban J connectivity index is 1.45. The van der Waals surface area contributed by atoms with Crippen LogP contribution in [-0.2, 0) is 18.8 Å². The zero-order valence-corrected chi connectivity index (χ0v) is 19.8. The second kappa shape index (κ2) is 8.27. The normalized spacial score (nSPS) is 32.3. The number of benzene rings is 2. The smallest absolute Gasteiger partial charge is 0.416 e. The Morgan fingerprint density at radius 1 is 0.889 bits per heavy atom. The molecule has 3 aliphatic rings. The van der Waals surface area contributed by atoms with Gasteiger partial charge in [-0.1, -0.05) is 25.1 Å². The fourth-order valence-corrected chi connectivity index (χ4v) is 7.20. The van der Waals surface area contributed by atoms with Gasteiger partial charge in [-0.3, -0.25) is 0 Å². The minimum Gasteiger partial charge on any atom is -0.508 e. The molecule has 36 heavy (non-hydrogen) atoms. The van der Waals surface area contributed by atoms with E-state index in [0.717, 1.165) is 31.2 Å². The summed E-state index contributed by atoms with van der Waals surface area (Å²) in [5.74, 6) is 1.07. The summed E-state index contributed by atoms with van der Waals surface area (Å²) in [4.78, 5) is 0. The fourth-order valence-electron chi connectivity index (χ4n) is 7.20. The van der Waals surface area contributed by atoms with Crippen LogP contribution in [0.4, 0.5) is 26.3 Å². The predicted molar refractivity (Wildman–Crippen MR) is 123 cm³/mol. The lowest BCUT2D eigenvalue weighted by Gasteiger charge is -2.52.